The van der Waals surface area contributed by atoms with E-state index in [4.69, 9.17) is 11.6 Å². The summed E-state index contributed by atoms with van der Waals surface area (Å²) >= 11 is 9.67. The van der Waals surface area contributed by atoms with Gasteiger partial charge >= 0.3 is 0 Å². The molecule has 0 N–H and O–H groups in total. The van der Waals surface area contributed by atoms with Crippen molar-refractivity contribution in [3.8, 4) is 11.4 Å². The van der Waals surface area contributed by atoms with Crippen LogP contribution in [0.3, 0.4) is 0 Å². The van der Waals surface area contributed by atoms with E-state index in [1.54, 1.807) is 0 Å². The summed E-state index contributed by atoms with van der Waals surface area (Å²) in [5.74, 6) is 0.773. The van der Waals surface area contributed by atoms with Gasteiger partial charge in [0.15, 0.2) is 16.6 Å². The van der Waals surface area contributed by atoms with Crippen molar-refractivity contribution in [2.45, 2.75) is 20.8 Å². The number of fused-ring (bicyclic) bond motifs is 1. The molecule has 3 rings (SSSR count). The van der Waals surface area contributed by atoms with Crippen molar-refractivity contribution in [2.24, 2.45) is 0 Å². The summed E-state index contributed by atoms with van der Waals surface area (Å²) in [4.78, 5) is 4.28. The van der Waals surface area contributed by atoms with E-state index < -0.39 is 0 Å². The summed E-state index contributed by atoms with van der Waals surface area (Å²) in [5, 5.41) is 8.81. The van der Waals surface area contributed by atoms with Gasteiger partial charge in [-0.25, -0.2) is 4.98 Å². The van der Waals surface area contributed by atoms with E-state index in [0.29, 0.717) is 10.8 Å². The van der Waals surface area contributed by atoms with Gasteiger partial charge in [0.1, 0.15) is 0 Å². The molecule has 0 spiro atoms. The second-order valence-electron chi connectivity index (χ2n) is 4.77. The first-order valence-corrected chi connectivity index (χ1v) is 7.30. The first-order valence-electron chi connectivity index (χ1n) is 6.13. The van der Waals surface area contributed by atoms with Crippen LogP contribution < -0.4 is 0 Å². The summed E-state index contributed by atoms with van der Waals surface area (Å²) < 4.78 is 2.96. The summed E-state index contributed by atoms with van der Waals surface area (Å²) in [6, 6.07) is 6.15. The lowest BCUT2D eigenvalue weighted by Crippen LogP contribution is -2.01. The van der Waals surface area contributed by atoms with E-state index >= 15 is 0 Å². The van der Waals surface area contributed by atoms with Crippen molar-refractivity contribution >= 4 is 33.2 Å². The Labute approximate surface area is 129 Å². The number of hydrogen-bond donors (Lipinski definition) is 0. The van der Waals surface area contributed by atoms with Gasteiger partial charge in [0.05, 0.1) is 5.69 Å². The normalized spacial score (nSPS) is 11.2. The third kappa shape index (κ3) is 2.11. The third-order valence-corrected chi connectivity index (χ3v) is 3.98. The number of hydrogen-bond acceptors (Lipinski definition) is 3. The second-order valence-corrected chi connectivity index (χ2v) is 6.05. The molecule has 0 saturated carbocycles. The Morgan fingerprint density at radius 1 is 1.10 bits per heavy atom. The Morgan fingerprint density at radius 3 is 2.55 bits per heavy atom. The standard InChI is InChI=1S/C14H12BrClN4/c1-7-4-10(6-11(15)5-7)13-18-19-14-12(16)17-8(2)9(3)20(13)14/h4-6H,1-3H3. The van der Waals surface area contributed by atoms with Crippen LogP contribution in [0.15, 0.2) is 22.7 Å². The Bertz CT molecular complexity index is 805. The molecule has 0 unspecified atom stereocenters. The van der Waals surface area contributed by atoms with Gasteiger partial charge in [-0.3, -0.25) is 4.40 Å². The molecule has 1 aromatic carbocycles. The SMILES string of the molecule is Cc1cc(Br)cc(-c2nnc3c(Cl)nc(C)c(C)n23)c1. The fourth-order valence-electron chi connectivity index (χ4n) is 2.23. The average molecular weight is 352 g/mol. The molecule has 6 heteroatoms. The minimum Gasteiger partial charge on any atom is -0.275 e. The second kappa shape index (κ2) is 4.82. The molecule has 3 aromatic rings. The number of aromatic nitrogens is 4. The highest BCUT2D eigenvalue weighted by Crippen LogP contribution is 2.27. The summed E-state index contributed by atoms with van der Waals surface area (Å²) in [7, 11) is 0. The van der Waals surface area contributed by atoms with Gasteiger partial charge in [-0.2, -0.15) is 0 Å². The van der Waals surface area contributed by atoms with Crippen molar-refractivity contribution < 1.29 is 0 Å². The number of benzene rings is 1. The van der Waals surface area contributed by atoms with Gasteiger partial charge < -0.3 is 0 Å². The van der Waals surface area contributed by atoms with Crippen LogP contribution in [-0.2, 0) is 0 Å². The molecule has 0 bridgehead atoms. The lowest BCUT2D eigenvalue weighted by Gasteiger charge is -2.08. The molecule has 20 heavy (non-hydrogen) atoms. The maximum Gasteiger partial charge on any atom is 0.199 e. The smallest absolute Gasteiger partial charge is 0.199 e. The maximum atomic E-state index is 6.15. The molecular weight excluding hydrogens is 340 g/mol. The Kier molecular flexibility index (Phi) is 3.26. The predicted molar refractivity (Wildman–Crippen MR) is 83.1 cm³/mol. The van der Waals surface area contributed by atoms with E-state index in [0.717, 1.165) is 32.8 Å². The Morgan fingerprint density at radius 2 is 1.85 bits per heavy atom. The quantitative estimate of drug-likeness (QED) is 0.662. The fraction of sp³-hybridized carbons (Fsp3) is 0.214. The fourth-order valence-corrected chi connectivity index (χ4v) is 3.08. The van der Waals surface area contributed by atoms with Crippen molar-refractivity contribution in [2.75, 3.05) is 0 Å². The van der Waals surface area contributed by atoms with E-state index in [-0.39, 0.29) is 0 Å². The molecule has 2 aromatic heterocycles. The van der Waals surface area contributed by atoms with Crippen molar-refractivity contribution in [3.05, 3.63) is 44.8 Å². The Hall–Kier alpha value is -1.46. The van der Waals surface area contributed by atoms with E-state index in [2.05, 4.69) is 43.2 Å². The molecule has 0 aliphatic rings. The van der Waals surface area contributed by atoms with Gasteiger partial charge in [-0.1, -0.05) is 27.5 Å². The van der Waals surface area contributed by atoms with Crippen molar-refractivity contribution in [3.63, 3.8) is 0 Å². The molecule has 0 saturated heterocycles. The minimum absolute atomic E-state index is 0.374. The van der Waals surface area contributed by atoms with Crippen LogP contribution in [0.4, 0.5) is 0 Å². The highest BCUT2D eigenvalue weighted by molar-refractivity contribution is 9.10. The van der Waals surface area contributed by atoms with E-state index in [9.17, 15) is 0 Å². The number of halogens is 2. The number of rotatable bonds is 1. The first kappa shape index (κ1) is 13.5. The van der Waals surface area contributed by atoms with Gasteiger partial charge in [0.25, 0.3) is 0 Å². The lowest BCUT2D eigenvalue weighted by atomic mass is 10.1. The van der Waals surface area contributed by atoms with Crippen LogP contribution in [0.25, 0.3) is 17.0 Å². The van der Waals surface area contributed by atoms with Crippen LogP contribution in [0.1, 0.15) is 17.0 Å². The molecule has 4 nitrogen and oxygen atoms in total. The van der Waals surface area contributed by atoms with Gasteiger partial charge in [-0.05, 0) is 44.5 Å². The molecule has 102 valence electrons. The zero-order chi connectivity index (χ0) is 14.4. The van der Waals surface area contributed by atoms with Crippen molar-refractivity contribution in [1.29, 1.82) is 0 Å². The molecule has 0 amide bonds. The summed E-state index contributed by atoms with van der Waals surface area (Å²) in [6.45, 7) is 5.96. The van der Waals surface area contributed by atoms with Crippen molar-refractivity contribution in [1.82, 2.24) is 19.6 Å². The molecule has 0 atom stereocenters. The summed E-state index contributed by atoms with van der Waals surface area (Å²) in [5.41, 5.74) is 4.59. The zero-order valence-corrected chi connectivity index (χ0v) is 13.6. The highest BCUT2D eigenvalue weighted by atomic mass is 79.9. The number of aryl methyl sites for hydroxylation is 3. The first-order chi connectivity index (χ1) is 9.47. The molecule has 0 aliphatic carbocycles. The maximum absolute atomic E-state index is 6.15. The Balaban J connectivity index is 2.37. The minimum atomic E-state index is 0.374. The molecule has 0 fully saturated rings. The van der Waals surface area contributed by atoms with E-state index in [1.807, 2.05) is 31.2 Å². The van der Waals surface area contributed by atoms with Crippen LogP contribution in [0, 0.1) is 20.8 Å². The third-order valence-electron chi connectivity index (χ3n) is 3.27. The molecule has 0 radical (unpaired) electrons. The van der Waals surface area contributed by atoms with Crippen LogP contribution >= 0.6 is 27.5 Å². The predicted octanol–water partition coefficient (Wildman–Crippen LogP) is 4.13. The highest BCUT2D eigenvalue weighted by Gasteiger charge is 2.15. The van der Waals surface area contributed by atoms with Gasteiger partial charge in [-0.15, -0.1) is 10.2 Å². The zero-order valence-electron chi connectivity index (χ0n) is 11.3. The average Bonchev–Trinajstić information content (AvgIpc) is 2.80. The molecule has 0 aliphatic heterocycles. The topological polar surface area (TPSA) is 43.1 Å². The van der Waals surface area contributed by atoms with Gasteiger partial charge in [0, 0.05) is 15.7 Å². The monoisotopic (exact) mass is 350 g/mol. The molecular formula is C14H12BrClN4. The number of nitrogens with zero attached hydrogens (tertiary/aromatic N) is 4. The largest absolute Gasteiger partial charge is 0.275 e. The molecule has 2 heterocycles. The summed E-state index contributed by atoms with van der Waals surface area (Å²) in [6.07, 6.45) is 0. The van der Waals surface area contributed by atoms with Gasteiger partial charge in [0.2, 0.25) is 0 Å². The van der Waals surface area contributed by atoms with Crippen LogP contribution in [-0.4, -0.2) is 19.6 Å². The lowest BCUT2D eigenvalue weighted by molar-refractivity contribution is 0.999. The van der Waals surface area contributed by atoms with Crippen LogP contribution in [0.2, 0.25) is 5.15 Å². The van der Waals surface area contributed by atoms with E-state index in [1.165, 1.54) is 0 Å². The van der Waals surface area contributed by atoms with Crippen LogP contribution in [0.5, 0.6) is 0 Å².